The first-order valence-electron chi connectivity index (χ1n) is 4.72. The third-order valence-electron chi connectivity index (χ3n) is 1.69. The Morgan fingerprint density at radius 3 is 2.57 bits per heavy atom. The first-order valence-corrected chi connectivity index (χ1v) is 4.72. The fraction of sp³-hybridized carbons (Fsp3) is 0.778. The lowest BCUT2D eigenvalue weighted by molar-refractivity contribution is -0.149. The summed E-state index contributed by atoms with van der Waals surface area (Å²) in [4.78, 5) is 21.2. The maximum atomic E-state index is 11.0. The van der Waals surface area contributed by atoms with Gasteiger partial charge in [0.15, 0.2) is 0 Å². The molecule has 0 rings (SSSR count). The summed E-state index contributed by atoms with van der Waals surface area (Å²) in [5.41, 5.74) is 5.28. The molecule has 0 aliphatic carbocycles. The number of carbonyl (C=O) groups excluding carboxylic acids is 1. The molecule has 14 heavy (non-hydrogen) atoms. The molecule has 0 aromatic rings. The van der Waals surface area contributed by atoms with Gasteiger partial charge in [-0.15, -0.1) is 0 Å². The van der Waals surface area contributed by atoms with Gasteiger partial charge in [-0.25, -0.2) is 0 Å². The van der Waals surface area contributed by atoms with Crippen molar-refractivity contribution in [3.8, 4) is 0 Å². The average molecular weight is 203 g/mol. The van der Waals surface area contributed by atoms with Crippen LogP contribution in [0.1, 0.15) is 32.6 Å². The summed E-state index contributed by atoms with van der Waals surface area (Å²) >= 11 is 0. The normalized spacial score (nSPS) is 12.1. The largest absolute Gasteiger partial charge is 0.481 e. The van der Waals surface area contributed by atoms with Gasteiger partial charge in [0.2, 0.25) is 0 Å². The lowest BCUT2D eigenvalue weighted by Crippen LogP contribution is -2.34. The number of carboxylic acid groups (broad SMARTS) is 1. The van der Waals surface area contributed by atoms with Crippen LogP contribution in [0.3, 0.4) is 0 Å². The quantitative estimate of drug-likeness (QED) is 0.465. The molecule has 0 aliphatic heterocycles. The zero-order valence-electron chi connectivity index (χ0n) is 8.36. The van der Waals surface area contributed by atoms with Gasteiger partial charge in [0, 0.05) is 0 Å². The first kappa shape index (κ1) is 12.9. The standard InChI is InChI=1S/C9H17NO4/c1-2-3-4-5-14-9(13)7(10)6-8(11)12/h7H,2-6,10H2,1H3,(H,11,12)/t7-/m0/s1. The average Bonchev–Trinajstić information content (AvgIpc) is 2.11. The van der Waals surface area contributed by atoms with Crippen molar-refractivity contribution in [3.05, 3.63) is 0 Å². The minimum atomic E-state index is -1.09. The Bertz CT molecular complexity index is 193. The second-order valence-corrected chi connectivity index (χ2v) is 3.08. The maximum absolute atomic E-state index is 11.0. The van der Waals surface area contributed by atoms with E-state index in [0.29, 0.717) is 6.61 Å². The van der Waals surface area contributed by atoms with Crippen molar-refractivity contribution in [3.63, 3.8) is 0 Å². The van der Waals surface area contributed by atoms with E-state index in [1.165, 1.54) is 0 Å². The number of rotatable bonds is 7. The molecule has 0 aromatic carbocycles. The number of carbonyl (C=O) groups is 2. The number of nitrogens with two attached hydrogens (primary N) is 1. The van der Waals surface area contributed by atoms with E-state index in [-0.39, 0.29) is 6.42 Å². The molecule has 0 aliphatic rings. The highest BCUT2D eigenvalue weighted by molar-refractivity contribution is 5.81. The minimum absolute atomic E-state index is 0.319. The Morgan fingerprint density at radius 1 is 1.43 bits per heavy atom. The fourth-order valence-corrected chi connectivity index (χ4v) is 0.903. The highest BCUT2D eigenvalue weighted by Gasteiger charge is 2.17. The third-order valence-corrected chi connectivity index (χ3v) is 1.69. The van der Waals surface area contributed by atoms with Gasteiger partial charge in [-0.2, -0.15) is 0 Å². The maximum Gasteiger partial charge on any atom is 0.323 e. The van der Waals surface area contributed by atoms with Gasteiger partial charge >= 0.3 is 11.9 Å². The molecule has 0 amide bonds. The van der Waals surface area contributed by atoms with E-state index in [1.54, 1.807) is 0 Å². The molecule has 0 heterocycles. The Balaban J connectivity index is 3.57. The number of aliphatic carboxylic acids is 1. The molecule has 0 bridgehead atoms. The van der Waals surface area contributed by atoms with Crippen LogP contribution in [-0.4, -0.2) is 29.7 Å². The van der Waals surface area contributed by atoms with E-state index >= 15 is 0 Å². The Morgan fingerprint density at radius 2 is 2.07 bits per heavy atom. The van der Waals surface area contributed by atoms with Crippen molar-refractivity contribution in [2.24, 2.45) is 5.73 Å². The van der Waals surface area contributed by atoms with Crippen molar-refractivity contribution >= 4 is 11.9 Å². The summed E-state index contributed by atoms with van der Waals surface area (Å²) in [6.45, 7) is 2.36. The highest BCUT2D eigenvalue weighted by atomic mass is 16.5. The molecule has 82 valence electrons. The monoisotopic (exact) mass is 203 g/mol. The Hall–Kier alpha value is -1.10. The van der Waals surface area contributed by atoms with E-state index in [0.717, 1.165) is 19.3 Å². The second-order valence-electron chi connectivity index (χ2n) is 3.08. The van der Waals surface area contributed by atoms with Crippen LogP contribution in [0.5, 0.6) is 0 Å². The predicted octanol–water partition coefficient (Wildman–Crippen LogP) is 0.522. The smallest absolute Gasteiger partial charge is 0.323 e. The molecule has 0 aromatic heterocycles. The molecule has 5 nitrogen and oxygen atoms in total. The van der Waals surface area contributed by atoms with Crippen molar-refractivity contribution in [1.82, 2.24) is 0 Å². The summed E-state index contributed by atoms with van der Waals surface area (Å²) in [5, 5.41) is 8.35. The van der Waals surface area contributed by atoms with Crippen LogP contribution in [0, 0.1) is 0 Å². The zero-order chi connectivity index (χ0) is 11.0. The number of hydrogen-bond donors (Lipinski definition) is 2. The molecule has 0 fully saturated rings. The molecule has 0 saturated carbocycles. The number of ether oxygens (including phenoxy) is 1. The Kier molecular flexibility index (Phi) is 6.74. The van der Waals surface area contributed by atoms with E-state index in [1.807, 2.05) is 6.92 Å². The molecule has 5 heteroatoms. The van der Waals surface area contributed by atoms with Gasteiger partial charge in [-0.3, -0.25) is 9.59 Å². The summed E-state index contributed by atoms with van der Waals surface area (Å²) in [5.74, 6) is -1.73. The van der Waals surface area contributed by atoms with Crippen LogP contribution in [0.2, 0.25) is 0 Å². The third kappa shape index (κ3) is 6.42. The second kappa shape index (κ2) is 7.32. The summed E-state index contributed by atoms with van der Waals surface area (Å²) in [6, 6.07) is -1.05. The molecule has 0 saturated heterocycles. The molecule has 3 N–H and O–H groups in total. The molecular formula is C9H17NO4. The number of esters is 1. The van der Waals surface area contributed by atoms with Crippen LogP contribution in [-0.2, 0) is 14.3 Å². The minimum Gasteiger partial charge on any atom is -0.481 e. The van der Waals surface area contributed by atoms with Gasteiger partial charge < -0.3 is 15.6 Å². The molecule has 0 radical (unpaired) electrons. The molecule has 1 atom stereocenters. The van der Waals surface area contributed by atoms with Gasteiger partial charge in [-0.1, -0.05) is 19.8 Å². The molecule has 0 spiro atoms. The van der Waals surface area contributed by atoms with E-state index in [9.17, 15) is 9.59 Å². The van der Waals surface area contributed by atoms with E-state index in [4.69, 9.17) is 15.6 Å². The number of unbranched alkanes of at least 4 members (excludes halogenated alkanes) is 2. The van der Waals surface area contributed by atoms with Crippen LogP contribution in [0.4, 0.5) is 0 Å². The lowest BCUT2D eigenvalue weighted by atomic mass is 10.2. The van der Waals surface area contributed by atoms with Gasteiger partial charge in [-0.05, 0) is 6.42 Å². The van der Waals surface area contributed by atoms with Gasteiger partial charge in [0.25, 0.3) is 0 Å². The summed E-state index contributed by atoms with van der Waals surface area (Å²) in [7, 11) is 0. The van der Waals surface area contributed by atoms with Crippen molar-refractivity contribution in [2.75, 3.05) is 6.61 Å². The number of hydrogen-bond acceptors (Lipinski definition) is 4. The van der Waals surface area contributed by atoms with Crippen molar-refractivity contribution in [1.29, 1.82) is 0 Å². The first-order chi connectivity index (χ1) is 6.57. The number of carboxylic acids is 1. The van der Waals surface area contributed by atoms with Crippen LogP contribution in [0.15, 0.2) is 0 Å². The molecular weight excluding hydrogens is 186 g/mol. The van der Waals surface area contributed by atoms with Crippen molar-refractivity contribution in [2.45, 2.75) is 38.6 Å². The van der Waals surface area contributed by atoms with Crippen LogP contribution >= 0.6 is 0 Å². The Labute approximate surface area is 83.2 Å². The zero-order valence-corrected chi connectivity index (χ0v) is 8.36. The van der Waals surface area contributed by atoms with Crippen LogP contribution < -0.4 is 5.73 Å². The van der Waals surface area contributed by atoms with E-state index in [2.05, 4.69) is 0 Å². The lowest BCUT2D eigenvalue weighted by Gasteiger charge is -2.08. The van der Waals surface area contributed by atoms with Crippen LogP contribution in [0.25, 0.3) is 0 Å². The molecule has 0 unspecified atom stereocenters. The SMILES string of the molecule is CCCCCOC(=O)[C@@H](N)CC(=O)O. The highest BCUT2D eigenvalue weighted by Crippen LogP contribution is 1.97. The fourth-order valence-electron chi connectivity index (χ4n) is 0.903. The summed E-state index contributed by atoms with van der Waals surface area (Å²) < 4.78 is 4.78. The van der Waals surface area contributed by atoms with Crippen molar-refractivity contribution < 1.29 is 19.4 Å². The van der Waals surface area contributed by atoms with Gasteiger partial charge in [0.05, 0.1) is 13.0 Å². The predicted molar refractivity (Wildman–Crippen MR) is 50.7 cm³/mol. The summed E-state index contributed by atoms with van der Waals surface area (Å²) in [6.07, 6.45) is 2.44. The van der Waals surface area contributed by atoms with Gasteiger partial charge in [0.1, 0.15) is 6.04 Å². The van der Waals surface area contributed by atoms with E-state index < -0.39 is 18.0 Å². The topological polar surface area (TPSA) is 89.6 Å².